The van der Waals surface area contributed by atoms with Crippen LogP contribution in [0.4, 0.5) is 5.69 Å². The minimum atomic E-state index is -0.454. The molecule has 0 aliphatic carbocycles. The summed E-state index contributed by atoms with van der Waals surface area (Å²) in [4.78, 5) is 13.8. The van der Waals surface area contributed by atoms with Crippen molar-refractivity contribution in [2.75, 3.05) is 19.4 Å². The molecular formula is C14H16ClN3O. The number of nitrogens with one attached hydrogen (secondary N) is 1. The van der Waals surface area contributed by atoms with Gasteiger partial charge in [0.05, 0.1) is 10.7 Å². The molecule has 0 spiro atoms. The van der Waals surface area contributed by atoms with E-state index in [1.54, 1.807) is 38.1 Å². The van der Waals surface area contributed by atoms with Crippen molar-refractivity contribution < 1.29 is 4.79 Å². The molecule has 0 bridgehead atoms. The zero-order valence-electron chi connectivity index (χ0n) is 11.4. The summed E-state index contributed by atoms with van der Waals surface area (Å²) in [6, 6.07) is 7.27. The Hall–Kier alpha value is -1.99. The molecule has 0 saturated heterocycles. The number of rotatable bonds is 3. The molecule has 0 atom stereocenters. The third-order valence-corrected chi connectivity index (χ3v) is 3.15. The number of amides is 1. The van der Waals surface area contributed by atoms with Crippen molar-refractivity contribution in [3.63, 3.8) is 0 Å². The van der Waals surface area contributed by atoms with E-state index in [2.05, 4.69) is 5.32 Å². The first-order chi connectivity index (χ1) is 8.88. The van der Waals surface area contributed by atoms with E-state index in [0.29, 0.717) is 16.4 Å². The summed E-state index contributed by atoms with van der Waals surface area (Å²) in [5.74, 6) is -0.454. The molecule has 0 radical (unpaired) electrons. The first-order valence-electron chi connectivity index (χ1n) is 5.73. The van der Waals surface area contributed by atoms with Gasteiger partial charge in [-0.05, 0) is 25.5 Å². The maximum atomic E-state index is 12.1. The highest BCUT2D eigenvalue weighted by atomic mass is 35.5. The zero-order valence-corrected chi connectivity index (χ0v) is 12.2. The number of aryl methyl sites for hydroxylation is 1. The highest BCUT2D eigenvalue weighted by molar-refractivity contribution is 6.34. The Balaban J connectivity index is 3.10. The van der Waals surface area contributed by atoms with Gasteiger partial charge in [0, 0.05) is 19.8 Å². The van der Waals surface area contributed by atoms with Crippen LogP contribution in [0.5, 0.6) is 0 Å². The van der Waals surface area contributed by atoms with Crippen LogP contribution in [0.15, 0.2) is 29.5 Å². The van der Waals surface area contributed by atoms with E-state index in [4.69, 9.17) is 16.9 Å². The highest BCUT2D eigenvalue weighted by Gasteiger charge is 2.16. The lowest BCUT2D eigenvalue weighted by Crippen LogP contribution is -2.20. The number of benzene rings is 1. The van der Waals surface area contributed by atoms with Crippen molar-refractivity contribution in [2.24, 2.45) is 0 Å². The summed E-state index contributed by atoms with van der Waals surface area (Å²) < 4.78 is 0. The minimum Gasteiger partial charge on any atom is -0.380 e. The lowest BCUT2D eigenvalue weighted by molar-refractivity contribution is -0.112. The molecule has 4 nitrogen and oxygen atoms in total. The normalized spacial score (nSPS) is 11.4. The third kappa shape index (κ3) is 3.49. The number of para-hydroxylation sites is 1. The van der Waals surface area contributed by atoms with E-state index in [0.717, 1.165) is 5.56 Å². The fraction of sp³-hybridized carbons (Fsp3) is 0.286. The van der Waals surface area contributed by atoms with Gasteiger partial charge in [0.25, 0.3) is 5.91 Å². The van der Waals surface area contributed by atoms with E-state index >= 15 is 0 Å². The fourth-order valence-electron chi connectivity index (χ4n) is 1.49. The van der Waals surface area contributed by atoms with Crippen LogP contribution in [0.25, 0.3) is 0 Å². The summed E-state index contributed by atoms with van der Waals surface area (Å²) in [7, 11) is 3.56. The van der Waals surface area contributed by atoms with Crippen LogP contribution < -0.4 is 5.32 Å². The molecule has 0 aliphatic heterocycles. The predicted octanol–water partition coefficient (Wildman–Crippen LogP) is 2.95. The molecular weight excluding hydrogens is 262 g/mol. The quantitative estimate of drug-likeness (QED) is 0.683. The Labute approximate surface area is 118 Å². The van der Waals surface area contributed by atoms with E-state index in [9.17, 15) is 4.79 Å². The Kier molecular flexibility index (Phi) is 4.96. The number of anilines is 1. The number of carbonyl (C=O) groups is 1. The molecule has 0 saturated carbocycles. The van der Waals surface area contributed by atoms with Gasteiger partial charge in [-0.1, -0.05) is 23.7 Å². The second kappa shape index (κ2) is 6.26. The second-order valence-corrected chi connectivity index (χ2v) is 4.76. The van der Waals surface area contributed by atoms with Crippen LogP contribution >= 0.6 is 11.6 Å². The van der Waals surface area contributed by atoms with Gasteiger partial charge in [-0.2, -0.15) is 5.26 Å². The lowest BCUT2D eigenvalue weighted by atomic mass is 10.1. The van der Waals surface area contributed by atoms with Crippen molar-refractivity contribution in [3.05, 3.63) is 40.1 Å². The van der Waals surface area contributed by atoms with Crippen LogP contribution in [-0.4, -0.2) is 24.9 Å². The zero-order chi connectivity index (χ0) is 14.6. The van der Waals surface area contributed by atoms with E-state index in [1.165, 1.54) is 0 Å². The number of hydrogen-bond donors (Lipinski definition) is 1. The van der Waals surface area contributed by atoms with Gasteiger partial charge >= 0.3 is 0 Å². The van der Waals surface area contributed by atoms with Crippen LogP contribution in [0.2, 0.25) is 5.02 Å². The summed E-state index contributed by atoms with van der Waals surface area (Å²) in [6.07, 6.45) is 0. The first kappa shape index (κ1) is 15.1. The van der Waals surface area contributed by atoms with Gasteiger partial charge in [0.2, 0.25) is 0 Å². The number of halogens is 1. The Morgan fingerprint density at radius 2 is 2.05 bits per heavy atom. The average molecular weight is 278 g/mol. The van der Waals surface area contributed by atoms with Crippen LogP contribution in [0.3, 0.4) is 0 Å². The van der Waals surface area contributed by atoms with Crippen LogP contribution in [0, 0.1) is 18.3 Å². The Bertz CT molecular complexity index is 550. The summed E-state index contributed by atoms with van der Waals surface area (Å²) in [5.41, 5.74) is 2.06. The molecule has 1 rings (SSSR count). The Morgan fingerprint density at radius 1 is 1.42 bits per heavy atom. The van der Waals surface area contributed by atoms with Gasteiger partial charge in [-0.3, -0.25) is 4.79 Å². The minimum absolute atomic E-state index is 0.0734. The molecule has 0 heterocycles. The smallest absolute Gasteiger partial charge is 0.268 e. The number of hydrogen-bond acceptors (Lipinski definition) is 3. The monoisotopic (exact) mass is 277 g/mol. The van der Waals surface area contributed by atoms with Crippen molar-refractivity contribution in [1.29, 1.82) is 5.26 Å². The van der Waals surface area contributed by atoms with Gasteiger partial charge in [0.1, 0.15) is 11.6 Å². The molecule has 1 amide bonds. The van der Waals surface area contributed by atoms with Crippen LogP contribution in [0.1, 0.15) is 12.5 Å². The molecule has 5 heteroatoms. The molecule has 100 valence electrons. The number of allylic oxidation sites excluding steroid dienone is 1. The molecule has 0 aliphatic rings. The van der Waals surface area contributed by atoms with Gasteiger partial charge in [0.15, 0.2) is 0 Å². The van der Waals surface area contributed by atoms with Crippen molar-refractivity contribution in [3.8, 4) is 6.07 Å². The number of nitriles is 1. The van der Waals surface area contributed by atoms with Crippen molar-refractivity contribution in [2.45, 2.75) is 13.8 Å². The maximum absolute atomic E-state index is 12.1. The molecule has 1 aromatic rings. The van der Waals surface area contributed by atoms with E-state index in [-0.39, 0.29) is 5.57 Å². The molecule has 0 unspecified atom stereocenters. The fourth-order valence-corrected chi connectivity index (χ4v) is 1.75. The number of nitrogens with zero attached hydrogens (tertiary/aromatic N) is 2. The molecule has 1 N–H and O–H groups in total. The third-order valence-electron chi connectivity index (χ3n) is 2.83. The molecule has 19 heavy (non-hydrogen) atoms. The standard InChI is InChI=1S/C14H16ClN3O/c1-9-6-5-7-12(15)13(9)17-14(19)11(8-16)10(2)18(3)4/h5-7H,1-4H3,(H,17,19)/b11-10-. The molecule has 1 aromatic carbocycles. The lowest BCUT2D eigenvalue weighted by Gasteiger charge is -2.15. The van der Waals surface area contributed by atoms with E-state index < -0.39 is 5.91 Å². The van der Waals surface area contributed by atoms with Gasteiger partial charge in [-0.25, -0.2) is 0 Å². The van der Waals surface area contributed by atoms with E-state index in [1.807, 2.05) is 19.1 Å². The molecule has 0 fully saturated rings. The number of carbonyl (C=O) groups excluding carboxylic acids is 1. The summed E-state index contributed by atoms with van der Waals surface area (Å²) >= 11 is 6.04. The van der Waals surface area contributed by atoms with Gasteiger partial charge < -0.3 is 10.2 Å². The summed E-state index contributed by atoms with van der Waals surface area (Å²) in [6.45, 7) is 3.56. The topological polar surface area (TPSA) is 56.1 Å². The predicted molar refractivity (Wildman–Crippen MR) is 76.8 cm³/mol. The van der Waals surface area contributed by atoms with Gasteiger partial charge in [-0.15, -0.1) is 0 Å². The highest BCUT2D eigenvalue weighted by Crippen LogP contribution is 2.25. The van der Waals surface area contributed by atoms with Crippen LogP contribution in [-0.2, 0) is 4.79 Å². The Morgan fingerprint density at radius 3 is 2.53 bits per heavy atom. The average Bonchev–Trinajstić information content (AvgIpc) is 2.34. The van der Waals surface area contributed by atoms with Crippen molar-refractivity contribution >= 4 is 23.2 Å². The SMILES string of the molecule is C/C(=C(\C#N)C(=O)Nc1c(C)cccc1Cl)N(C)C. The van der Waals surface area contributed by atoms with Crippen molar-refractivity contribution in [1.82, 2.24) is 4.90 Å². The summed E-state index contributed by atoms with van der Waals surface area (Å²) in [5, 5.41) is 12.2. The largest absolute Gasteiger partial charge is 0.380 e. The maximum Gasteiger partial charge on any atom is 0.268 e. The first-order valence-corrected chi connectivity index (χ1v) is 6.11. The molecule has 0 aromatic heterocycles. The second-order valence-electron chi connectivity index (χ2n) is 4.35.